The number of hydrogen-bond acceptors (Lipinski definition) is 4. The molecule has 2 fully saturated rings. The monoisotopic (exact) mass is 229 g/mol. The highest BCUT2D eigenvalue weighted by Gasteiger charge is 2.42. The zero-order chi connectivity index (χ0) is 11.4. The second kappa shape index (κ2) is 5.96. The van der Waals surface area contributed by atoms with Crippen molar-refractivity contribution in [1.82, 2.24) is 0 Å². The lowest BCUT2D eigenvalue weighted by Gasteiger charge is -2.43. The van der Waals surface area contributed by atoms with Gasteiger partial charge in [-0.25, -0.2) is 0 Å². The molecule has 2 N–H and O–H groups in total. The minimum atomic E-state index is 0.0794. The molecule has 16 heavy (non-hydrogen) atoms. The first-order valence-electron chi connectivity index (χ1n) is 6.33. The van der Waals surface area contributed by atoms with Crippen LogP contribution in [-0.4, -0.2) is 44.7 Å². The van der Waals surface area contributed by atoms with Crippen molar-refractivity contribution >= 4 is 0 Å². The van der Waals surface area contributed by atoms with Crippen LogP contribution in [-0.2, 0) is 14.2 Å². The Bertz CT molecular complexity index is 206. The van der Waals surface area contributed by atoms with Gasteiger partial charge in [-0.15, -0.1) is 0 Å². The van der Waals surface area contributed by atoms with Crippen molar-refractivity contribution in [2.75, 3.05) is 20.3 Å². The Morgan fingerprint density at radius 2 is 1.94 bits per heavy atom. The average Bonchev–Trinajstić information content (AvgIpc) is 2.76. The van der Waals surface area contributed by atoms with Gasteiger partial charge in [-0.2, -0.15) is 0 Å². The van der Waals surface area contributed by atoms with Crippen LogP contribution in [0.5, 0.6) is 0 Å². The number of ether oxygens (including phenoxy) is 3. The van der Waals surface area contributed by atoms with Gasteiger partial charge in [0, 0.05) is 13.2 Å². The smallest absolute Gasteiger partial charge is 0.0989 e. The van der Waals surface area contributed by atoms with E-state index in [0.29, 0.717) is 19.3 Å². The summed E-state index contributed by atoms with van der Waals surface area (Å²) in [7, 11) is 1.68. The molecule has 0 amide bonds. The summed E-state index contributed by atoms with van der Waals surface area (Å²) in [6.07, 6.45) is 6.70. The molecular formula is C12H23NO3. The van der Waals surface area contributed by atoms with E-state index in [9.17, 15) is 0 Å². The number of hydrogen-bond donors (Lipinski definition) is 1. The van der Waals surface area contributed by atoms with E-state index in [2.05, 4.69) is 0 Å². The van der Waals surface area contributed by atoms with Gasteiger partial charge in [0.05, 0.1) is 31.5 Å². The molecule has 0 aromatic rings. The maximum Gasteiger partial charge on any atom is 0.0989 e. The summed E-state index contributed by atoms with van der Waals surface area (Å²) in [5.74, 6) is 0. The third kappa shape index (κ3) is 2.94. The lowest BCUT2D eigenvalue weighted by Crippen LogP contribution is -2.59. The van der Waals surface area contributed by atoms with Gasteiger partial charge < -0.3 is 19.9 Å². The SMILES string of the molecule is COCCOC1C(N)CC1OC1CCCC1. The predicted molar refractivity (Wildman–Crippen MR) is 61.3 cm³/mol. The lowest BCUT2D eigenvalue weighted by molar-refractivity contribution is -0.163. The summed E-state index contributed by atoms with van der Waals surface area (Å²) in [6, 6.07) is 0.142. The first kappa shape index (κ1) is 12.3. The van der Waals surface area contributed by atoms with Crippen molar-refractivity contribution < 1.29 is 14.2 Å². The highest BCUT2D eigenvalue weighted by Crippen LogP contribution is 2.31. The van der Waals surface area contributed by atoms with E-state index in [1.807, 2.05) is 0 Å². The molecule has 0 aliphatic heterocycles. The zero-order valence-corrected chi connectivity index (χ0v) is 10.1. The Labute approximate surface area is 97.4 Å². The second-order valence-electron chi connectivity index (χ2n) is 4.81. The van der Waals surface area contributed by atoms with Crippen LogP contribution in [0.2, 0.25) is 0 Å². The molecular weight excluding hydrogens is 206 g/mol. The molecule has 4 heteroatoms. The standard InChI is InChI=1S/C12H23NO3/c1-14-6-7-15-12-10(13)8-11(12)16-9-4-2-3-5-9/h9-12H,2-8,13H2,1H3. The quantitative estimate of drug-likeness (QED) is 0.692. The highest BCUT2D eigenvalue weighted by atomic mass is 16.6. The van der Waals surface area contributed by atoms with Crippen LogP contribution in [0.3, 0.4) is 0 Å². The van der Waals surface area contributed by atoms with Crippen molar-refractivity contribution in [2.24, 2.45) is 5.73 Å². The van der Waals surface area contributed by atoms with Gasteiger partial charge in [0.25, 0.3) is 0 Å². The lowest BCUT2D eigenvalue weighted by atomic mass is 9.86. The minimum absolute atomic E-state index is 0.0794. The molecule has 0 spiro atoms. The van der Waals surface area contributed by atoms with Gasteiger partial charge in [0.1, 0.15) is 0 Å². The van der Waals surface area contributed by atoms with E-state index in [0.717, 1.165) is 6.42 Å². The van der Waals surface area contributed by atoms with Crippen molar-refractivity contribution in [3.05, 3.63) is 0 Å². The molecule has 3 atom stereocenters. The van der Waals surface area contributed by atoms with Gasteiger partial charge in [0.15, 0.2) is 0 Å². The average molecular weight is 229 g/mol. The van der Waals surface area contributed by atoms with Crippen LogP contribution < -0.4 is 5.73 Å². The van der Waals surface area contributed by atoms with Crippen molar-refractivity contribution in [1.29, 1.82) is 0 Å². The molecule has 2 aliphatic carbocycles. The Morgan fingerprint density at radius 1 is 1.19 bits per heavy atom. The van der Waals surface area contributed by atoms with E-state index >= 15 is 0 Å². The van der Waals surface area contributed by atoms with Crippen LogP contribution in [0.15, 0.2) is 0 Å². The van der Waals surface area contributed by atoms with Crippen LogP contribution >= 0.6 is 0 Å². The fourth-order valence-corrected chi connectivity index (χ4v) is 2.52. The van der Waals surface area contributed by atoms with Crippen molar-refractivity contribution in [3.63, 3.8) is 0 Å². The third-order valence-corrected chi connectivity index (χ3v) is 3.56. The van der Waals surface area contributed by atoms with E-state index in [-0.39, 0.29) is 18.2 Å². The number of nitrogens with two attached hydrogens (primary N) is 1. The normalized spacial score (nSPS) is 35.2. The van der Waals surface area contributed by atoms with E-state index in [1.54, 1.807) is 7.11 Å². The fraction of sp³-hybridized carbons (Fsp3) is 1.00. The maximum absolute atomic E-state index is 6.02. The van der Waals surface area contributed by atoms with Gasteiger partial charge in [-0.1, -0.05) is 12.8 Å². The molecule has 94 valence electrons. The highest BCUT2D eigenvalue weighted by molar-refractivity contribution is 4.96. The van der Waals surface area contributed by atoms with E-state index in [4.69, 9.17) is 19.9 Å². The Kier molecular flexibility index (Phi) is 4.58. The first-order chi connectivity index (χ1) is 7.81. The van der Waals surface area contributed by atoms with Crippen LogP contribution in [0.4, 0.5) is 0 Å². The molecule has 2 saturated carbocycles. The number of methoxy groups -OCH3 is 1. The summed E-state index contributed by atoms with van der Waals surface area (Å²) < 4.78 is 16.7. The van der Waals surface area contributed by atoms with Crippen LogP contribution in [0, 0.1) is 0 Å². The predicted octanol–water partition coefficient (Wildman–Crippen LogP) is 1.08. The Hall–Kier alpha value is -0.160. The second-order valence-corrected chi connectivity index (χ2v) is 4.81. The summed E-state index contributed by atoms with van der Waals surface area (Å²) >= 11 is 0. The van der Waals surface area contributed by atoms with Crippen LogP contribution in [0.25, 0.3) is 0 Å². The fourth-order valence-electron chi connectivity index (χ4n) is 2.52. The topological polar surface area (TPSA) is 53.7 Å². The van der Waals surface area contributed by atoms with E-state index in [1.165, 1.54) is 25.7 Å². The molecule has 3 unspecified atom stereocenters. The van der Waals surface area contributed by atoms with Gasteiger partial charge in [-0.05, 0) is 19.3 Å². The zero-order valence-electron chi connectivity index (χ0n) is 10.1. The minimum Gasteiger partial charge on any atom is -0.382 e. The first-order valence-corrected chi connectivity index (χ1v) is 6.33. The van der Waals surface area contributed by atoms with Crippen molar-refractivity contribution in [2.45, 2.75) is 56.5 Å². The van der Waals surface area contributed by atoms with Crippen LogP contribution in [0.1, 0.15) is 32.1 Å². The van der Waals surface area contributed by atoms with Crippen molar-refractivity contribution in [3.8, 4) is 0 Å². The molecule has 0 saturated heterocycles. The molecule has 0 radical (unpaired) electrons. The van der Waals surface area contributed by atoms with Gasteiger partial charge in [-0.3, -0.25) is 0 Å². The summed E-state index contributed by atoms with van der Waals surface area (Å²) in [5, 5.41) is 0. The molecule has 0 heterocycles. The number of rotatable bonds is 6. The molecule has 2 rings (SSSR count). The molecule has 0 bridgehead atoms. The van der Waals surface area contributed by atoms with Gasteiger partial charge >= 0.3 is 0 Å². The van der Waals surface area contributed by atoms with Gasteiger partial charge in [0.2, 0.25) is 0 Å². The Balaban J connectivity index is 1.68. The maximum atomic E-state index is 6.02. The molecule has 0 aromatic heterocycles. The summed E-state index contributed by atoms with van der Waals surface area (Å²) in [5.41, 5.74) is 5.92. The largest absolute Gasteiger partial charge is 0.382 e. The summed E-state index contributed by atoms with van der Waals surface area (Å²) in [4.78, 5) is 0. The third-order valence-electron chi connectivity index (χ3n) is 3.56. The Morgan fingerprint density at radius 3 is 2.56 bits per heavy atom. The molecule has 4 nitrogen and oxygen atoms in total. The van der Waals surface area contributed by atoms with E-state index < -0.39 is 0 Å². The summed E-state index contributed by atoms with van der Waals surface area (Å²) in [6.45, 7) is 1.23. The molecule has 2 aliphatic rings. The molecule has 0 aromatic carbocycles.